The maximum Gasteiger partial charge on any atom is 0.534 e. The monoisotopic (exact) mass is 360 g/mol. The highest BCUT2D eigenvalue weighted by atomic mass is 35.5. The second kappa shape index (κ2) is 5.70. The van der Waals surface area contributed by atoms with Crippen LogP contribution in [0.2, 0.25) is 10.0 Å². The Kier molecular flexibility index (Phi) is 4.46. The first kappa shape index (κ1) is 16.5. The lowest BCUT2D eigenvalue weighted by Crippen LogP contribution is -2.25. The van der Waals surface area contributed by atoms with Crippen molar-refractivity contribution in [2.45, 2.75) is 24.8 Å². The van der Waals surface area contributed by atoms with Crippen molar-refractivity contribution in [1.29, 1.82) is 0 Å². The van der Waals surface area contributed by atoms with E-state index in [4.69, 9.17) is 23.2 Å². The van der Waals surface area contributed by atoms with E-state index in [1.54, 1.807) is 0 Å². The van der Waals surface area contributed by atoms with Crippen molar-refractivity contribution >= 4 is 39.1 Å². The van der Waals surface area contributed by atoms with Crippen LogP contribution in [0.15, 0.2) is 18.2 Å². The van der Waals surface area contributed by atoms with Gasteiger partial charge in [-0.3, -0.25) is 0 Å². The van der Waals surface area contributed by atoms with Crippen molar-refractivity contribution in [2.24, 2.45) is 0 Å². The normalized spacial score (nSPS) is 16.0. The average molecular weight is 361 g/mol. The summed E-state index contributed by atoms with van der Waals surface area (Å²) in [6.45, 7) is 0. The van der Waals surface area contributed by atoms with Gasteiger partial charge in [0.15, 0.2) is 0 Å². The van der Waals surface area contributed by atoms with E-state index in [-0.39, 0.29) is 21.4 Å². The van der Waals surface area contributed by atoms with E-state index in [9.17, 15) is 21.6 Å². The summed E-state index contributed by atoms with van der Waals surface area (Å²) in [7, 11) is -5.72. The topological polar surface area (TPSA) is 43.4 Å². The number of hydrogen-bond acceptors (Lipinski definition) is 3. The zero-order chi connectivity index (χ0) is 15.8. The molecule has 1 aliphatic rings. The molecule has 0 unspecified atom stereocenters. The molecule has 0 radical (unpaired) electrons. The Balaban J connectivity index is 2.49. The molecule has 0 aromatic heterocycles. The Morgan fingerprint density at radius 1 is 1.19 bits per heavy atom. The molecular weight excluding hydrogens is 352 g/mol. The smallest absolute Gasteiger partial charge is 0.376 e. The lowest BCUT2D eigenvalue weighted by molar-refractivity contribution is -0.0509. The van der Waals surface area contributed by atoms with Gasteiger partial charge in [0.1, 0.15) is 5.76 Å². The summed E-state index contributed by atoms with van der Waals surface area (Å²) in [5.74, 6) is -0.376. The van der Waals surface area contributed by atoms with Crippen LogP contribution in [0.4, 0.5) is 13.2 Å². The molecule has 0 aliphatic heterocycles. The largest absolute Gasteiger partial charge is 0.534 e. The van der Waals surface area contributed by atoms with E-state index < -0.39 is 15.6 Å². The van der Waals surface area contributed by atoms with Gasteiger partial charge in [0, 0.05) is 5.56 Å². The maximum absolute atomic E-state index is 12.4. The molecule has 1 aliphatic carbocycles. The summed E-state index contributed by atoms with van der Waals surface area (Å²) in [6.07, 6.45) is 2.72. The minimum atomic E-state index is -5.72. The summed E-state index contributed by atoms with van der Waals surface area (Å²) in [6, 6.07) is 2.78. The highest BCUT2D eigenvalue weighted by molar-refractivity contribution is 7.87. The zero-order valence-electron chi connectivity index (χ0n) is 10.4. The van der Waals surface area contributed by atoms with E-state index in [0.29, 0.717) is 24.8 Å². The molecule has 116 valence electrons. The molecule has 0 saturated carbocycles. The van der Waals surface area contributed by atoms with Crippen molar-refractivity contribution in [1.82, 2.24) is 0 Å². The summed E-state index contributed by atoms with van der Waals surface area (Å²) in [5.41, 5.74) is -4.81. The number of benzene rings is 1. The zero-order valence-corrected chi connectivity index (χ0v) is 12.7. The molecule has 1 aromatic carbocycles. The minimum absolute atomic E-state index is 0.190. The van der Waals surface area contributed by atoms with Crippen LogP contribution < -0.4 is 0 Å². The van der Waals surface area contributed by atoms with Crippen molar-refractivity contribution < 1.29 is 25.8 Å². The molecule has 0 amide bonds. The molecule has 9 heteroatoms. The third-order valence-corrected chi connectivity index (χ3v) is 4.71. The molecule has 0 saturated heterocycles. The number of alkyl halides is 3. The molecular formula is C12H9Cl2F3O3S. The number of allylic oxidation sites excluding steroid dienone is 1. The van der Waals surface area contributed by atoms with Crippen LogP contribution in [0, 0.1) is 0 Å². The summed E-state index contributed by atoms with van der Waals surface area (Å²) in [5, 5.41) is 0.435. The standard InChI is InChI=1S/C12H9Cl2F3O3S/c13-9-6-5-7-8(11(9)14)3-1-2-4-10(7)20-21(18,19)12(15,16)17/h4-6H,1-3H2. The Morgan fingerprint density at radius 2 is 1.86 bits per heavy atom. The van der Waals surface area contributed by atoms with Gasteiger partial charge in [0.2, 0.25) is 0 Å². The van der Waals surface area contributed by atoms with Crippen LogP contribution in [0.5, 0.6) is 0 Å². The Hall–Kier alpha value is -0.920. The van der Waals surface area contributed by atoms with Crippen LogP contribution in [0.1, 0.15) is 24.0 Å². The molecule has 0 fully saturated rings. The quantitative estimate of drug-likeness (QED) is 0.574. The van der Waals surface area contributed by atoms with E-state index in [2.05, 4.69) is 4.18 Å². The van der Waals surface area contributed by atoms with Gasteiger partial charge in [-0.2, -0.15) is 21.6 Å². The van der Waals surface area contributed by atoms with Crippen molar-refractivity contribution in [3.05, 3.63) is 39.4 Å². The van der Waals surface area contributed by atoms with Crippen LogP contribution >= 0.6 is 23.2 Å². The molecule has 21 heavy (non-hydrogen) atoms. The third-order valence-electron chi connectivity index (χ3n) is 2.91. The molecule has 2 rings (SSSR count). The first-order valence-electron chi connectivity index (χ1n) is 5.81. The first-order valence-corrected chi connectivity index (χ1v) is 7.98. The van der Waals surface area contributed by atoms with Gasteiger partial charge in [0.25, 0.3) is 0 Å². The van der Waals surface area contributed by atoms with Gasteiger partial charge in [-0.1, -0.05) is 23.2 Å². The van der Waals surface area contributed by atoms with Gasteiger partial charge in [-0.05, 0) is 43.0 Å². The second-order valence-electron chi connectivity index (χ2n) is 4.33. The molecule has 0 spiro atoms. The van der Waals surface area contributed by atoms with E-state index in [1.807, 2.05) is 0 Å². The molecule has 0 bridgehead atoms. The summed E-state index contributed by atoms with van der Waals surface area (Å²) >= 11 is 11.9. The first-order chi connectivity index (χ1) is 9.63. The lowest BCUT2D eigenvalue weighted by Gasteiger charge is -2.15. The molecule has 0 heterocycles. The Bertz CT molecular complexity index is 696. The predicted octanol–water partition coefficient (Wildman–Crippen LogP) is 4.54. The Morgan fingerprint density at radius 3 is 2.48 bits per heavy atom. The third kappa shape index (κ3) is 3.30. The fraction of sp³-hybridized carbons (Fsp3) is 0.333. The number of halogens is 5. The van der Waals surface area contributed by atoms with E-state index >= 15 is 0 Å². The summed E-state index contributed by atoms with van der Waals surface area (Å²) < 4.78 is 63.8. The van der Waals surface area contributed by atoms with Crippen molar-refractivity contribution in [3.63, 3.8) is 0 Å². The van der Waals surface area contributed by atoms with E-state index in [0.717, 1.165) is 0 Å². The van der Waals surface area contributed by atoms with Crippen molar-refractivity contribution in [2.75, 3.05) is 0 Å². The van der Waals surface area contributed by atoms with Crippen LogP contribution in [-0.2, 0) is 20.7 Å². The highest BCUT2D eigenvalue weighted by Crippen LogP contribution is 2.38. The second-order valence-corrected chi connectivity index (χ2v) is 6.65. The van der Waals surface area contributed by atoms with Gasteiger partial charge in [-0.25, -0.2) is 0 Å². The van der Waals surface area contributed by atoms with Crippen LogP contribution in [0.25, 0.3) is 5.76 Å². The fourth-order valence-electron chi connectivity index (χ4n) is 1.93. The van der Waals surface area contributed by atoms with Gasteiger partial charge in [-0.15, -0.1) is 0 Å². The lowest BCUT2D eigenvalue weighted by atomic mass is 10.0. The predicted molar refractivity (Wildman–Crippen MR) is 73.4 cm³/mol. The SMILES string of the molecule is O=S(=O)(OC1=CCCCc2c1ccc(Cl)c2Cl)C(F)(F)F. The van der Waals surface area contributed by atoms with Crippen LogP contribution in [-0.4, -0.2) is 13.9 Å². The van der Waals surface area contributed by atoms with Crippen molar-refractivity contribution in [3.8, 4) is 0 Å². The number of fused-ring (bicyclic) bond motifs is 1. The Labute approximate surface area is 129 Å². The summed E-state index contributed by atoms with van der Waals surface area (Å²) in [4.78, 5) is 0. The number of hydrogen-bond donors (Lipinski definition) is 0. The number of rotatable bonds is 2. The van der Waals surface area contributed by atoms with Crippen LogP contribution in [0.3, 0.4) is 0 Å². The molecule has 0 N–H and O–H groups in total. The molecule has 1 aromatic rings. The van der Waals surface area contributed by atoms with Gasteiger partial charge >= 0.3 is 15.6 Å². The minimum Gasteiger partial charge on any atom is -0.376 e. The van der Waals surface area contributed by atoms with Gasteiger partial charge < -0.3 is 4.18 Å². The maximum atomic E-state index is 12.4. The fourth-order valence-corrected chi connectivity index (χ4v) is 2.86. The average Bonchev–Trinajstić information content (AvgIpc) is 2.55. The highest BCUT2D eigenvalue weighted by Gasteiger charge is 2.49. The molecule has 0 atom stereocenters. The van der Waals surface area contributed by atoms with Gasteiger partial charge in [0.05, 0.1) is 10.0 Å². The molecule has 3 nitrogen and oxygen atoms in total. The van der Waals surface area contributed by atoms with E-state index in [1.165, 1.54) is 18.2 Å².